The van der Waals surface area contributed by atoms with Crippen LogP contribution in [0.1, 0.15) is 46.2 Å². The molecule has 0 bridgehead atoms. The highest BCUT2D eigenvalue weighted by molar-refractivity contribution is 5.92. The Hall–Kier alpha value is -2.42. The van der Waals surface area contributed by atoms with Crippen molar-refractivity contribution >= 4 is 17.8 Å². The third-order valence-corrected chi connectivity index (χ3v) is 4.95. The van der Waals surface area contributed by atoms with Crippen LogP contribution in [0.25, 0.3) is 0 Å². The molecule has 0 saturated heterocycles. The maximum atomic E-state index is 12.7. The predicted octanol–water partition coefficient (Wildman–Crippen LogP) is 0.426. The Morgan fingerprint density at radius 2 is 1.78 bits per heavy atom. The highest BCUT2D eigenvalue weighted by atomic mass is 16.4. The number of carboxylic acid groups (broad SMARTS) is 1. The molecule has 0 aromatic carbocycles. The van der Waals surface area contributed by atoms with E-state index in [9.17, 15) is 19.5 Å². The van der Waals surface area contributed by atoms with Crippen LogP contribution in [0.4, 0.5) is 0 Å². The van der Waals surface area contributed by atoms with E-state index in [4.69, 9.17) is 5.73 Å². The molecule has 5 unspecified atom stereocenters. The number of nitrogens with one attached hydrogen (secondary N) is 3. The van der Waals surface area contributed by atoms with E-state index in [2.05, 4.69) is 20.6 Å². The number of nitrogens with zero attached hydrogens (tertiary/aromatic N) is 1. The molecule has 2 amide bonds. The molecule has 0 fully saturated rings. The van der Waals surface area contributed by atoms with Gasteiger partial charge in [0.15, 0.2) is 0 Å². The monoisotopic (exact) mass is 381 g/mol. The molecule has 1 aromatic rings. The van der Waals surface area contributed by atoms with Crippen LogP contribution in [0.2, 0.25) is 0 Å². The summed E-state index contributed by atoms with van der Waals surface area (Å²) in [6, 6.07) is -2.72. The second kappa shape index (κ2) is 10.7. The smallest absolute Gasteiger partial charge is 0.326 e. The number of H-pyrrole nitrogens is 1. The average molecular weight is 381 g/mol. The number of carbonyl (C=O) groups is 3. The van der Waals surface area contributed by atoms with E-state index in [1.165, 1.54) is 12.5 Å². The second-order valence-electron chi connectivity index (χ2n) is 6.96. The number of nitrogens with two attached hydrogens (primary N) is 1. The van der Waals surface area contributed by atoms with Gasteiger partial charge in [0.2, 0.25) is 11.8 Å². The fourth-order valence-electron chi connectivity index (χ4n) is 2.54. The molecule has 6 N–H and O–H groups in total. The van der Waals surface area contributed by atoms with Gasteiger partial charge in [0.05, 0.1) is 12.4 Å². The molecule has 1 aromatic heterocycles. The summed E-state index contributed by atoms with van der Waals surface area (Å²) in [7, 11) is 0. The highest BCUT2D eigenvalue weighted by Crippen LogP contribution is 2.11. The topological polar surface area (TPSA) is 150 Å². The van der Waals surface area contributed by atoms with Gasteiger partial charge in [0.1, 0.15) is 12.1 Å². The third-order valence-electron chi connectivity index (χ3n) is 4.95. The number of hydrogen-bond donors (Lipinski definition) is 5. The molecule has 5 atom stereocenters. The minimum atomic E-state index is -1.16. The largest absolute Gasteiger partial charge is 0.480 e. The molecule has 9 nitrogen and oxygen atoms in total. The molecular weight excluding hydrogens is 350 g/mol. The number of amides is 2. The Bertz CT molecular complexity index is 619. The molecule has 1 rings (SSSR count). The van der Waals surface area contributed by atoms with Crippen LogP contribution in [-0.2, 0) is 20.8 Å². The lowest BCUT2D eigenvalue weighted by Crippen LogP contribution is -2.57. The van der Waals surface area contributed by atoms with Crippen molar-refractivity contribution in [3.63, 3.8) is 0 Å². The van der Waals surface area contributed by atoms with Gasteiger partial charge in [-0.05, 0) is 11.8 Å². The van der Waals surface area contributed by atoms with Crippen LogP contribution in [0.5, 0.6) is 0 Å². The maximum absolute atomic E-state index is 12.7. The average Bonchev–Trinajstić information content (AvgIpc) is 3.16. The number of carbonyl (C=O) groups excluding carboxylic acids is 2. The number of carboxylic acids is 1. The summed E-state index contributed by atoms with van der Waals surface area (Å²) in [5.41, 5.74) is 6.54. The molecule has 1 heterocycles. The lowest BCUT2D eigenvalue weighted by atomic mass is 9.95. The number of hydrogen-bond acceptors (Lipinski definition) is 5. The number of rotatable bonds is 11. The quantitative estimate of drug-likeness (QED) is 0.375. The first-order valence-electron chi connectivity index (χ1n) is 9.27. The van der Waals surface area contributed by atoms with E-state index in [0.717, 1.165) is 6.42 Å². The second-order valence-corrected chi connectivity index (χ2v) is 6.96. The van der Waals surface area contributed by atoms with Crippen molar-refractivity contribution in [1.29, 1.82) is 0 Å². The molecule has 27 heavy (non-hydrogen) atoms. The van der Waals surface area contributed by atoms with Crippen molar-refractivity contribution in [2.45, 2.75) is 65.1 Å². The lowest BCUT2D eigenvalue weighted by molar-refractivity contribution is -0.142. The number of imidazole rings is 1. The molecule has 0 aliphatic carbocycles. The van der Waals surface area contributed by atoms with Crippen molar-refractivity contribution < 1.29 is 19.5 Å². The third kappa shape index (κ3) is 6.67. The Balaban J connectivity index is 2.86. The molecule has 0 radical (unpaired) electrons. The summed E-state index contributed by atoms with van der Waals surface area (Å²) in [4.78, 5) is 43.3. The first-order valence-corrected chi connectivity index (χ1v) is 9.27. The molecule has 0 spiro atoms. The first-order chi connectivity index (χ1) is 12.7. The summed E-state index contributed by atoms with van der Waals surface area (Å²) in [5.74, 6) is -2.33. The molecule has 0 aliphatic heterocycles. The minimum absolute atomic E-state index is 0.0298. The van der Waals surface area contributed by atoms with E-state index in [-0.39, 0.29) is 18.3 Å². The zero-order valence-electron chi connectivity index (χ0n) is 16.4. The molecular formula is C18H31N5O4. The predicted molar refractivity (Wildman–Crippen MR) is 101 cm³/mol. The fraction of sp³-hybridized carbons (Fsp3) is 0.667. The van der Waals surface area contributed by atoms with E-state index in [1.807, 2.05) is 27.7 Å². The van der Waals surface area contributed by atoms with Gasteiger partial charge >= 0.3 is 5.97 Å². The zero-order valence-corrected chi connectivity index (χ0v) is 16.4. The Morgan fingerprint density at radius 3 is 2.26 bits per heavy atom. The Morgan fingerprint density at radius 1 is 1.15 bits per heavy atom. The Labute approximate surface area is 159 Å². The van der Waals surface area contributed by atoms with Gasteiger partial charge in [-0.2, -0.15) is 0 Å². The van der Waals surface area contributed by atoms with Crippen LogP contribution >= 0.6 is 0 Å². The van der Waals surface area contributed by atoms with Crippen LogP contribution in [0.15, 0.2) is 12.5 Å². The van der Waals surface area contributed by atoms with E-state index < -0.39 is 35.9 Å². The number of aliphatic carboxylic acids is 1. The van der Waals surface area contributed by atoms with Gasteiger partial charge in [0.25, 0.3) is 0 Å². The van der Waals surface area contributed by atoms with Gasteiger partial charge in [-0.25, -0.2) is 9.78 Å². The van der Waals surface area contributed by atoms with Crippen molar-refractivity contribution in [3.8, 4) is 0 Å². The Kier molecular flexibility index (Phi) is 8.93. The highest BCUT2D eigenvalue weighted by Gasteiger charge is 2.32. The van der Waals surface area contributed by atoms with Crippen molar-refractivity contribution in [1.82, 2.24) is 20.6 Å². The van der Waals surface area contributed by atoms with Gasteiger partial charge in [-0.3, -0.25) is 9.59 Å². The summed E-state index contributed by atoms with van der Waals surface area (Å²) in [5, 5.41) is 14.6. The van der Waals surface area contributed by atoms with Crippen molar-refractivity contribution in [3.05, 3.63) is 18.2 Å². The van der Waals surface area contributed by atoms with Crippen molar-refractivity contribution in [2.75, 3.05) is 0 Å². The van der Waals surface area contributed by atoms with Gasteiger partial charge < -0.3 is 26.5 Å². The summed E-state index contributed by atoms with van der Waals surface area (Å²) in [6.07, 6.45) is 4.37. The molecule has 9 heteroatoms. The fourth-order valence-corrected chi connectivity index (χ4v) is 2.54. The first kappa shape index (κ1) is 22.6. The normalized spacial score (nSPS) is 16.6. The molecule has 0 aliphatic rings. The SMILES string of the molecule is CCC(C)C(N)C(=O)NC(C(=O)NC(Cc1cnc[nH]1)C(=O)O)C(C)CC. The standard InChI is InChI=1S/C18H31N5O4/c1-5-10(3)14(19)16(24)23-15(11(4)6-2)17(25)22-13(18(26)27)7-12-8-20-9-21-12/h8-11,13-15H,5-7,19H2,1-4H3,(H,20,21)(H,22,25)(H,23,24)(H,26,27). The van der Waals surface area contributed by atoms with Crippen molar-refractivity contribution in [2.24, 2.45) is 17.6 Å². The molecule has 0 saturated carbocycles. The maximum Gasteiger partial charge on any atom is 0.326 e. The van der Waals surface area contributed by atoms with E-state index >= 15 is 0 Å². The minimum Gasteiger partial charge on any atom is -0.480 e. The summed E-state index contributed by atoms with van der Waals surface area (Å²) >= 11 is 0. The van der Waals surface area contributed by atoms with Gasteiger partial charge in [-0.1, -0.05) is 40.5 Å². The van der Waals surface area contributed by atoms with Crippen LogP contribution in [-0.4, -0.2) is 51.0 Å². The van der Waals surface area contributed by atoms with Gasteiger partial charge in [-0.15, -0.1) is 0 Å². The van der Waals surface area contributed by atoms with E-state index in [1.54, 1.807) is 0 Å². The summed E-state index contributed by atoms with van der Waals surface area (Å²) < 4.78 is 0. The number of aromatic amines is 1. The van der Waals surface area contributed by atoms with E-state index in [0.29, 0.717) is 12.1 Å². The molecule has 152 valence electrons. The van der Waals surface area contributed by atoms with Crippen LogP contribution < -0.4 is 16.4 Å². The van der Waals surface area contributed by atoms with Crippen LogP contribution in [0.3, 0.4) is 0 Å². The van der Waals surface area contributed by atoms with Crippen LogP contribution in [0, 0.1) is 11.8 Å². The number of aromatic nitrogens is 2. The zero-order chi connectivity index (χ0) is 20.6. The lowest BCUT2D eigenvalue weighted by Gasteiger charge is -2.27. The van der Waals surface area contributed by atoms with Gasteiger partial charge in [0, 0.05) is 18.3 Å². The summed E-state index contributed by atoms with van der Waals surface area (Å²) in [6.45, 7) is 7.52.